The second kappa shape index (κ2) is 3.87. The number of benzene rings is 1. The maximum Gasteiger partial charge on any atom is 0.245 e. The van der Waals surface area contributed by atoms with Gasteiger partial charge in [0.15, 0.2) is 5.15 Å². The Bertz CT molecular complexity index is 462. The fraction of sp³-hybridized carbons (Fsp3) is 0.0909. The fourth-order valence-electron chi connectivity index (χ4n) is 1.49. The van der Waals surface area contributed by atoms with Crippen molar-refractivity contribution < 1.29 is 4.73 Å². The first-order valence-electron chi connectivity index (χ1n) is 4.50. The molecule has 1 aromatic heterocycles. The molecule has 1 heterocycles. The number of nitrogens with zero attached hydrogens (tertiary/aromatic N) is 2. The molecule has 0 N–H and O–H groups in total. The smallest absolute Gasteiger partial charge is 0.245 e. The van der Waals surface area contributed by atoms with Gasteiger partial charge in [-0.2, -0.15) is 4.73 Å². The largest absolute Gasteiger partial charge is 0.618 e. The Balaban J connectivity index is 2.64. The molecule has 0 radical (unpaired) electrons. The Morgan fingerprint density at radius 1 is 1.27 bits per heavy atom. The molecule has 0 spiro atoms. The van der Waals surface area contributed by atoms with Crippen molar-refractivity contribution in [3.8, 4) is 11.3 Å². The average Bonchev–Trinajstić information content (AvgIpc) is 2.17. The molecule has 3 nitrogen and oxygen atoms in total. The van der Waals surface area contributed by atoms with Crippen LogP contribution in [-0.2, 0) is 0 Å². The Morgan fingerprint density at radius 2 is 1.93 bits per heavy atom. The van der Waals surface area contributed by atoms with Gasteiger partial charge >= 0.3 is 0 Å². The lowest BCUT2D eigenvalue weighted by molar-refractivity contribution is -0.594. The molecule has 2 rings (SSSR count). The molecule has 0 amide bonds. The maximum absolute atomic E-state index is 11.7. The first-order chi connectivity index (χ1) is 7.18. The van der Waals surface area contributed by atoms with E-state index in [1.165, 1.54) is 6.20 Å². The highest BCUT2D eigenvalue weighted by Gasteiger charge is 2.14. The van der Waals surface area contributed by atoms with E-state index in [9.17, 15) is 5.21 Å². The van der Waals surface area contributed by atoms with Crippen molar-refractivity contribution in [1.82, 2.24) is 4.98 Å². The zero-order chi connectivity index (χ0) is 10.8. The van der Waals surface area contributed by atoms with E-state index in [1.807, 2.05) is 30.3 Å². The number of rotatable bonds is 1. The van der Waals surface area contributed by atoms with Crippen molar-refractivity contribution in [2.24, 2.45) is 0 Å². The van der Waals surface area contributed by atoms with Gasteiger partial charge in [0.25, 0.3) is 0 Å². The van der Waals surface area contributed by atoms with Crippen LogP contribution >= 0.6 is 11.6 Å². The van der Waals surface area contributed by atoms with Gasteiger partial charge in [0.05, 0.1) is 0 Å². The lowest BCUT2D eigenvalue weighted by Crippen LogP contribution is -2.30. The molecular formula is C11H9ClN2O. The van der Waals surface area contributed by atoms with Gasteiger partial charge in [0.2, 0.25) is 11.9 Å². The summed E-state index contributed by atoms with van der Waals surface area (Å²) < 4.78 is 0.750. The van der Waals surface area contributed by atoms with E-state index in [1.54, 1.807) is 6.92 Å². The van der Waals surface area contributed by atoms with Crippen molar-refractivity contribution in [2.45, 2.75) is 6.92 Å². The van der Waals surface area contributed by atoms with E-state index in [4.69, 9.17) is 11.6 Å². The van der Waals surface area contributed by atoms with Crippen LogP contribution in [0.4, 0.5) is 0 Å². The molecule has 0 atom stereocenters. The molecule has 0 saturated carbocycles. The van der Waals surface area contributed by atoms with Crippen molar-refractivity contribution in [2.75, 3.05) is 0 Å². The normalized spacial score (nSPS) is 10.3. The van der Waals surface area contributed by atoms with Crippen LogP contribution in [-0.4, -0.2) is 4.98 Å². The minimum Gasteiger partial charge on any atom is -0.618 e. The second-order valence-corrected chi connectivity index (χ2v) is 3.58. The Hall–Kier alpha value is -1.61. The molecule has 1 aromatic carbocycles. The summed E-state index contributed by atoms with van der Waals surface area (Å²) in [6.45, 7) is 1.77. The minimum absolute atomic E-state index is 0.210. The van der Waals surface area contributed by atoms with Gasteiger partial charge < -0.3 is 5.21 Å². The SMILES string of the molecule is Cc1nc(Cl)c[n+]([O-])c1-c1ccccc1. The standard InChI is InChI=1S/C11H9ClN2O/c1-8-11(9-5-3-2-4-6-9)14(15)7-10(12)13-8/h2-7H,1H3. The summed E-state index contributed by atoms with van der Waals surface area (Å²) in [6.07, 6.45) is 1.26. The van der Waals surface area contributed by atoms with Crippen LogP contribution in [0.1, 0.15) is 5.69 Å². The molecule has 15 heavy (non-hydrogen) atoms. The predicted octanol–water partition coefficient (Wildman–Crippen LogP) is 2.34. The molecular weight excluding hydrogens is 212 g/mol. The Morgan fingerprint density at radius 3 is 2.53 bits per heavy atom. The third-order valence-electron chi connectivity index (χ3n) is 2.11. The van der Waals surface area contributed by atoms with Gasteiger partial charge in [-0.15, -0.1) is 0 Å². The number of aromatic nitrogens is 2. The van der Waals surface area contributed by atoms with Crippen molar-refractivity contribution in [3.05, 3.63) is 52.6 Å². The Labute approximate surface area is 92.6 Å². The van der Waals surface area contributed by atoms with Crippen LogP contribution < -0.4 is 4.73 Å². The highest BCUT2D eigenvalue weighted by molar-refractivity contribution is 6.29. The predicted molar refractivity (Wildman–Crippen MR) is 58.4 cm³/mol. The maximum atomic E-state index is 11.7. The van der Waals surface area contributed by atoms with E-state index < -0.39 is 0 Å². The molecule has 0 aliphatic heterocycles. The molecule has 0 aliphatic rings. The lowest BCUT2D eigenvalue weighted by Gasteiger charge is -2.06. The number of hydrogen-bond acceptors (Lipinski definition) is 2. The van der Waals surface area contributed by atoms with Crippen molar-refractivity contribution in [3.63, 3.8) is 0 Å². The second-order valence-electron chi connectivity index (χ2n) is 3.19. The zero-order valence-corrected chi connectivity index (χ0v) is 8.90. The quantitative estimate of drug-likeness (QED) is 0.547. The number of hydrogen-bond donors (Lipinski definition) is 0. The van der Waals surface area contributed by atoms with Crippen LogP contribution in [0.3, 0.4) is 0 Å². The van der Waals surface area contributed by atoms with Gasteiger partial charge in [-0.1, -0.05) is 29.8 Å². The van der Waals surface area contributed by atoms with Gasteiger partial charge in [0.1, 0.15) is 5.69 Å². The summed E-state index contributed by atoms with van der Waals surface area (Å²) in [5.41, 5.74) is 2.01. The lowest BCUT2D eigenvalue weighted by atomic mass is 10.1. The monoisotopic (exact) mass is 220 g/mol. The summed E-state index contributed by atoms with van der Waals surface area (Å²) >= 11 is 5.68. The third kappa shape index (κ3) is 1.92. The average molecular weight is 221 g/mol. The molecule has 4 heteroatoms. The van der Waals surface area contributed by atoms with E-state index in [2.05, 4.69) is 4.98 Å². The molecule has 0 saturated heterocycles. The van der Waals surface area contributed by atoms with Crippen LogP contribution in [0.2, 0.25) is 5.15 Å². The minimum atomic E-state index is 0.210. The van der Waals surface area contributed by atoms with Crippen molar-refractivity contribution >= 4 is 11.6 Å². The van der Waals surface area contributed by atoms with Crippen LogP contribution in [0.15, 0.2) is 36.5 Å². The van der Waals surface area contributed by atoms with Crippen LogP contribution in [0.25, 0.3) is 11.3 Å². The Kier molecular flexibility index (Phi) is 2.56. The van der Waals surface area contributed by atoms with E-state index in [0.717, 1.165) is 10.3 Å². The molecule has 76 valence electrons. The van der Waals surface area contributed by atoms with Crippen LogP contribution in [0, 0.1) is 12.1 Å². The topological polar surface area (TPSA) is 39.8 Å². The zero-order valence-electron chi connectivity index (χ0n) is 8.14. The molecule has 0 unspecified atom stereocenters. The fourth-order valence-corrected chi connectivity index (χ4v) is 1.71. The van der Waals surface area contributed by atoms with Gasteiger partial charge in [-0.3, -0.25) is 0 Å². The third-order valence-corrected chi connectivity index (χ3v) is 2.29. The van der Waals surface area contributed by atoms with Gasteiger partial charge in [-0.05, 0) is 19.1 Å². The molecule has 0 bridgehead atoms. The highest BCUT2D eigenvalue weighted by atomic mass is 35.5. The summed E-state index contributed by atoms with van der Waals surface area (Å²) in [5.74, 6) is 0. The van der Waals surface area contributed by atoms with E-state index in [-0.39, 0.29) is 5.15 Å². The summed E-state index contributed by atoms with van der Waals surface area (Å²) in [5, 5.41) is 11.9. The molecule has 2 aromatic rings. The van der Waals surface area contributed by atoms with Crippen molar-refractivity contribution in [1.29, 1.82) is 0 Å². The molecule has 0 fully saturated rings. The van der Waals surface area contributed by atoms with Gasteiger partial charge in [-0.25, -0.2) is 4.98 Å². The highest BCUT2D eigenvalue weighted by Crippen LogP contribution is 2.18. The first-order valence-corrected chi connectivity index (χ1v) is 4.88. The summed E-state index contributed by atoms with van der Waals surface area (Å²) in [7, 11) is 0. The first kappa shape index (κ1) is 9.93. The number of aryl methyl sites for hydroxylation is 1. The van der Waals surface area contributed by atoms with Crippen LogP contribution in [0.5, 0.6) is 0 Å². The summed E-state index contributed by atoms with van der Waals surface area (Å²) in [4.78, 5) is 4.06. The summed E-state index contributed by atoms with van der Waals surface area (Å²) in [6, 6.07) is 9.39. The number of halogens is 1. The van der Waals surface area contributed by atoms with Gasteiger partial charge in [0, 0.05) is 5.56 Å². The molecule has 0 aliphatic carbocycles. The van der Waals surface area contributed by atoms with E-state index in [0.29, 0.717) is 11.4 Å². The van der Waals surface area contributed by atoms with E-state index >= 15 is 0 Å².